The molecule has 5 rings (SSSR count). The molecule has 3 fully saturated rings. The van der Waals surface area contributed by atoms with E-state index in [0.29, 0.717) is 49.4 Å². The number of hydrogen-bond donors (Lipinski definition) is 1. The number of likely N-dealkylation sites (tertiary alicyclic amines) is 1. The van der Waals surface area contributed by atoms with E-state index in [0.717, 1.165) is 49.9 Å². The molecule has 244 valence electrons. The Labute approximate surface area is 258 Å². The molecule has 0 unspecified atom stereocenters. The van der Waals surface area contributed by atoms with E-state index < -0.39 is 42.0 Å². The zero-order valence-corrected chi connectivity index (χ0v) is 27.4. The summed E-state index contributed by atoms with van der Waals surface area (Å²) in [6, 6.07) is 3.21. The molecule has 1 aromatic heterocycles. The minimum atomic E-state index is -4.94. The topological polar surface area (TPSA) is 106 Å². The van der Waals surface area contributed by atoms with Crippen LogP contribution in [0.15, 0.2) is 29.3 Å². The van der Waals surface area contributed by atoms with Crippen molar-refractivity contribution in [3.8, 4) is 5.69 Å². The van der Waals surface area contributed by atoms with Crippen molar-refractivity contribution in [2.45, 2.75) is 95.7 Å². The van der Waals surface area contributed by atoms with Crippen LogP contribution >= 0.6 is 0 Å². The standard InChI is InChI=1S/C31H42F3N3O5S2/c1-21-24(28(38)36-19-30(20-36)12-14-43(39,40)15-13-30)18-37(26(21)16-22-8-6-5-7-9-22)23-10-11-27(25(17-23)31(32,33)34)44(41,42)35-29(2,3)4/h10-11,17-18,22,35H,5-9,12-16,19-20H2,1-4H3. The van der Waals surface area contributed by atoms with Crippen LogP contribution in [0.5, 0.6) is 0 Å². The number of nitrogens with one attached hydrogen (secondary N) is 1. The van der Waals surface area contributed by atoms with E-state index in [9.17, 15) is 34.8 Å². The lowest BCUT2D eigenvalue weighted by Gasteiger charge is -2.52. The van der Waals surface area contributed by atoms with Gasteiger partial charge in [0.1, 0.15) is 9.84 Å². The molecule has 8 nitrogen and oxygen atoms in total. The summed E-state index contributed by atoms with van der Waals surface area (Å²) in [5, 5.41) is 0. The quantitative estimate of drug-likeness (QED) is 0.432. The Kier molecular flexibility index (Phi) is 8.59. The Bertz CT molecular complexity index is 1630. The minimum Gasteiger partial charge on any atom is -0.337 e. The fourth-order valence-corrected chi connectivity index (χ4v) is 10.3. The number of nitrogens with zero attached hydrogens (tertiary/aromatic N) is 2. The molecule has 0 bridgehead atoms. The molecule has 1 N–H and O–H groups in total. The summed E-state index contributed by atoms with van der Waals surface area (Å²) >= 11 is 0. The van der Waals surface area contributed by atoms with Crippen molar-refractivity contribution in [1.29, 1.82) is 0 Å². The van der Waals surface area contributed by atoms with Crippen molar-refractivity contribution < 1.29 is 34.8 Å². The average molecular weight is 658 g/mol. The minimum absolute atomic E-state index is 0.120. The highest BCUT2D eigenvalue weighted by Gasteiger charge is 2.48. The van der Waals surface area contributed by atoms with Gasteiger partial charge in [-0.15, -0.1) is 0 Å². The Balaban J connectivity index is 1.52. The van der Waals surface area contributed by atoms with Crippen LogP contribution in [0.1, 0.15) is 92.9 Å². The highest BCUT2D eigenvalue weighted by molar-refractivity contribution is 7.91. The third-order valence-electron chi connectivity index (χ3n) is 9.33. The van der Waals surface area contributed by atoms with E-state index in [1.165, 1.54) is 6.07 Å². The lowest BCUT2D eigenvalue weighted by molar-refractivity contribution is -0.139. The Morgan fingerprint density at radius 1 is 1.05 bits per heavy atom. The van der Waals surface area contributed by atoms with Crippen molar-refractivity contribution in [1.82, 2.24) is 14.2 Å². The SMILES string of the molecule is Cc1c(C(=O)N2CC3(CCS(=O)(=O)CC3)C2)cn(-c2ccc(S(=O)(=O)NC(C)(C)C)c(C(F)(F)F)c2)c1CC1CCCCC1. The van der Waals surface area contributed by atoms with Gasteiger partial charge in [-0.2, -0.15) is 13.2 Å². The fourth-order valence-electron chi connectivity index (χ4n) is 6.95. The number of aromatic nitrogens is 1. The number of alkyl halides is 3. The van der Waals surface area contributed by atoms with E-state index in [4.69, 9.17) is 0 Å². The predicted molar refractivity (Wildman–Crippen MR) is 162 cm³/mol. The summed E-state index contributed by atoms with van der Waals surface area (Å²) in [4.78, 5) is 14.6. The van der Waals surface area contributed by atoms with E-state index in [1.807, 2.05) is 6.92 Å². The first kappa shape index (κ1) is 33.0. The molecule has 2 saturated heterocycles. The maximum absolute atomic E-state index is 14.4. The second-order valence-corrected chi connectivity index (χ2v) is 18.0. The molecule has 1 spiro atoms. The number of sulfone groups is 1. The van der Waals surface area contributed by atoms with Gasteiger partial charge in [0.2, 0.25) is 10.0 Å². The number of halogens is 3. The van der Waals surface area contributed by atoms with Crippen LogP contribution < -0.4 is 4.72 Å². The van der Waals surface area contributed by atoms with Gasteiger partial charge in [0.25, 0.3) is 5.91 Å². The molecule has 0 atom stereocenters. The maximum atomic E-state index is 14.4. The van der Waals surface area contributed by atoms with Gasteiger partial charge in [-0.3, -0.25) is 4.79 Å². The summed E-state index contributed by atoms with van der Waals surface area (Å²) in [7, 11) is -7.52. The smallest absolute Gasteiger partial charge is 0.337 e. The molecule has 1 aromatic carbocycles. The zero-order valence-electron chi connectivity index (χ0n) is 25.8. The molecule has 13 heteroatoms. The molecule has 1 amide bonds. The van der Waals surface area contributed by atoms with Crippen molar-refractivity contribution in [2.75, 3.05) is 24.6 Å². The number of benzene rings is 1. The van der Waals surface area contributed by atoms with Gasteiger partial charge in [-0.05, 0) is 76.6 Å². The predicted octanol–water partition coefficient (Wildman–Crippen LogP) is 5.65. The largest absolute Gasteiger partial charge is 0.417 e. The van der Waals surface area contributed by atoms with E-state index in [-0.39, 0.29) is 28.5 Å². The molecule has 0 radical (unpaired) electrons. The molecule has 3 heterocycles. The number of rotatable bonds is 6. The Hall–Kier alpha value is -2.38. The van der Waals surface area contributed by atoms with E-state index in [2.05, 4.69) is 4.72 Å². The fraction of sp³-hybridized carbons (Fsp3) is 0.645. The second kappa shape index (κ2) is 11.5. The number of hydrogen-bond acceptors (Lipinski definition) is 5. The van der Waals surface area contributed by atoms with E-state index >= 15 is 0 Å². The normalized spacial score (nSPS) is 20.9. The molecule has 3 aliphatic rings. The average Bonchev–Trinajstić information content (AvgIpc) is 3.21. The molecule has 1 saturated carbocycles. The van der Waals surface area contributed by atoms with Crippen LogP contribution in [-0.2, 0) is 32.5 Å². The van der Waals surface area contributed by atoms with Crippen molar-refractivity contribution in [3.05, 3.63) is 46.8 Å². The summed E-state index contributed by atoms with van der Waals surface area (Å²) in [5.41, 5.74) is -0.477. The Morgan fingerprint density at radius 2 is 1.66 bits per heavy atom. The molecular formula is C31H42F3N3O5S2. The van der Waals surface area contributed by atoms with Crippen LogP contribution in [0.4, 0.5) is 13.2 Å². The number of carbonyl (C=O) groups is 1. The van der Waals surface area contributed by atoms with Crippen LogP contribution in [-0.4, -0.2) is 62.3 Å². The molecule has 44 heavy (non-hydrogen) atoms. The molecule has 2 aromatic rings. The summed E-state index contributed by atoms with van der Waals surface area (Å²) in [6.07, 6.45) is 3.56. The molecule has 2 aliphatic heterocycles. The van der Waals surface area contributed by atoms with Crippen molar-refractivity contribution >= 4 is 25.8 Å². The van der Waals surface area contributed by atoms with Crippen LogP contribution in [0.3, 0.4) is 0 Å². The van der Waals surface area contributed by atoms with Gasteiger partial charge < -0.3 is 9.47 Å². The van der Waals surface area contributed by atoms with Crippen molar-refractivity contribution in [3.63, 3.8) is 0 Å². The first-order valence-electron chi connectivity index (χ1n) is 15.3. The van der Waals surface area contributed by atoms with Gasteiger partial charge in [-0.1, -0.05) is 32.1 Å². The first-order valence-corrected chi connectivity index (χ1v) is 18.6. The van der Waals surface area contributed by atoms with Gasteiger partial charge >= 0.3 is 6.18 Å². The van der Waals surface area contributed by atoms with Crippen LogP contribution in [0.25, 0.3) is 5.69 Å². The van der Waals surface area contributed by atoms with Crippen LogP contribution in [0, 0.1) is 18.3 Å². The highest BCUT2D eigenvalue weighted by atomic mass is 32.2. The van der Waals surface area contributed by atoms with Crippen molar-refractivity contribution in [2.24, 2.45) is 11.3 Å². The lowest BCUT2D eigenvalue weighted by Crippen LogP contribution is -2.60. The summed E-state index contributed by atoms with van der Waals surface area (Å²) in [6.45, 7) is 7.40. The second-order valence-electron chi connectivity index (χ2n) is 14.0. The Morgan fingerprint density at radius 3 is 2.23 bits per heavy atom. The third kappa shape index (κ3) is 6.89. The monoisotopic (exact) mass is 657 g/mol. The number of amides is 1. The van der Waals surface area contributed by atoms with E-state index in [1.54, 1.807) is 36.4 Å². The molecule has 1 aliphatic carbocycles. The third-order valence-corrected chi connectivity index (χ3v) is 12.8. The van der Waals surface area contributed by atoms with Gasteiger partial charge in [0, 0.05) is 41.6 Å². The van der Waals surface area contributed by atoms with Crippen LogP contribution in [0.2, 0.25) is 0 Å². The summed E-state index contributed by atoms with van der Waals surface area (Å²) < 4.78 is 97.0. The molecular weight excluding hydrogens is 615 g/mol. The maximum Gasteiger partial charge on any atom is 0.417 e. The highest BCUT2D eigenvalue weighted by Crippen LogP contribution is 2.43. The number of sulfonamides is 1. The summed E-state index contributed by atoms with van der Waals surface area (Å²) in [5.74, 6) is 0.339. The lowest BCUT2D eigenvalue weighted by atomic mass is 9.74. The first-order chi connectivity index (χ1) is 20.3. The van der Waals surface area contributed by atoms with Gasteiger partial charge in [-0.25, -0.2) is 21.6 Å². The van der Waals surface area contributed by atoms with Gasteiger partial charge in [0.05, 0.1) is 27.5 Å². The number of carbonyl (C=O) groups excluding carboxylic acids is 1. The van der Waals surface area contributed by atoms with Gasteiger partial charge in [0.15, 0.2) is 0 Å². The zero-order chi connectivity index (χ0) is 32.3.